The van der Waals surface area contributed by atoms with Gasteiger partial charge in [-0.25, -0.2) is 9.86 Å². The van der Waals surface area contributed by atoms with Crippen LogP contribution in [0.4, 0.5) is 4.79 Å². The van der Waals surface area contributed by atoms with Gasteiger partial charge >= 0.3 is 6.09 Å². The lowest BCUT2D eigenvalue weighted by atomic mass is 10.1. The van der Waals surface area contributed by atoms with E-state index in [1.165, 1.54) is 6.07 Å². The molecule has 8 nitrogen and oxygen atoms in total. The summed E-state index contributed by atoms with van der Waals surface area (Å²) in [6, 6.07) is 8.26. The third-order valence-electron chi connectivity index (χ3n) is 4.75. The highest BCUT2D eigenvalue weighted by Crippen LogP contribution is 2.17. The second-order valence-corrected chi connectivity index (χ2v) is 8.46. The molecule has 2 amide bonds. The molecule has 0 bridgehead atoms. The quantitative estimate of drug-likeness (QED) is 0.356. The van der Waals surface area contributed by atoms with E-state index in [1.807, 2.05) is 20.8 Å². The largest absolute Gasteiger partial charge is 0.444 e. The zero-order valence-corrected chi connectivity index (χ0v) is 18.8. The van der Waals surface area contributed by atoms with Gasteiger partial charge in [0.25, 0.3) is 11.5 Å². The topological polar surface area (TPSA) is 101 Å². The number of ether oxygens (including phenoxy) is 1. The number of amides is 2. The van der Waals surface area contributed by atoms with E-state index >= 15 is 0 Å². The minimum Gasteiger partial charge on any atom is -0.444 e. The van der Waals surface area contributed by atoms with Crippen LogP contribution in [0, 0.1) is 0 Å². The van der Waals surface area contributed by atoms with Gasteiger partial charge in [-0.3, -0.25) is 14.8 Å². The van der Waals surface area contributed by atoms with Crippen molar-refractivity contribution in [1.29, 1.82) is 0 Å². The molecule has 0 radical (unpaired) electrons. The molecule has 0 aliphatic heterocycles. The number of benzene rings is 1. The third-order valence-corrected chi connectivity index (χ3v) is 4.75. The first-order valence-electron chi connectivity index (χ1n) is 10.7. The van der Waals surface area contributed by atoms with Crippen molar-refractivity contribution in [3.05, 3.63) is 46.2 Å². The summed E-state index contributed by atoms with van der Waals surface area (Å²) in [5.41, 5.74) is 0.545. The molecule has 8 heteroatoms. The van der Waals surface area contributed by atoms with E-state index in [4.69, 9.17) is 4.74 Å². The number of carbonyl (C=O) groups excluding carboxylic acids is 2. The van der Waals surface area contributed by atoms with Gasteiger partial charge in [0.2, 0.25) is 0 Å². The summed E-state index contributed by atoms with van der Waals surface area (Å²) in [5.74, 6) is -0.470. The van der Waals surface area contributed by atoms with Crippen molar-refractivity contribution < 1.29 is 19.5 Å². The summed E-state index contributed by atoms with van der Waals surface area (Å²) < 4.78 is 6.90. The number of hydrogen-bond donors (Lipinski definition) is 2. The number of hydrogen-bond acceptors (Lipinski definition) is 5. The highest BCUT2D eigenvalue weighted by atomic mass is 16.6. The van der Waals surface area contributed by atoms with Crippen LogP contribution in [-0.4, -0.2) is 45.5 Å². The predicted octanol–water partition coefficient (Wildman–Crippen LogP) is 3.94. The molecule has 0 aliphatic carbocycles. The van der Waals surface area contributed by atoms with Crippen LogP contribution in [0.3, 0.4) is 0 Å². The Balaban J connectivity index is 1.88. The normalized spacial score (nSPS) is 11.4. The Morgan fingerprint density at radius 3 is 2.48 bits per heavy atom. The fourth-order valence-electron chi connectivity index (χ4n) is 3.21. The maximum atomic E-state index is 12.3. The number of nitrogens with zero attached hydrogens (tertiary/aromatic N) is 2. The molecule has 0 unspecified atom stereocenters. The summed E-state index contributed by atoms with van der Waals surface area (Å²) in [7, 11) is 0. The molecule has 2 N–H and O–H groups in total. The van der Waals surface area contributed by atoms with Crippen molar-refractivity contribution in [3.8, 4) is 0 Å². The maximum absolute atomic E-state index is 12.3. The van der Waals surface area contributed by atoms with Crippen LogP contribution in [0.2, 0.25) is 0 Å². The molecule has 1 heterocycles. The van der Waals surface area contributed by atoms with E-state index in [-0.39, 0.29) is 12.1 Å². The molecule has 170 valence electrons. The number of aryl methyl sites for hydroxylation is 1. The SMILES string of the molecule is CCN(O)C(=O)c1ccc2c(ccc(=O)n2CCCCCCNC(=O)OC(C)(C)C)c1. The van der Waals surface area contributed by atoms with Crippen LogP contribution in [0.25, 0.3) is 10.9 Å². The van der Waals surface area contributed by atoms with Crippen LogP contribution in [-0.2, 0) is 11.3 Å². The average Bonchev–Trinajstić information content (AvgIpc) is 2.71. The van der Waals surface area contributed by atoms with Gasteiger partial charge in [-0.1, -0.05) is 12.8 Å². The fraction of sp³-hybridized carbons (Fsp3) is 0.522. The third kappa shape index (κ3) is 7.40. The van der Waals surface area contributed by atoms with Gasteiger partial charge < -0.3 is 14.6 Å². The Bertz CT molecular complexity index is 962. The Morgan fingerprint density at radius 1 is 1.10 bits per heavy atom. The first kappa shape index (κ1) is 24.4. The Labute approximate surface area is 182 Å². The van der Waals surface area contributed by atoms with Crippen LogP contribution in [0.5, 0.6) is 0 Å². The molecule has 0 atom stereocenters. The molecule has 2 rings (SSSR count). The van der Waals surface area contributed by atoms with E-state index in [0.29, 0.717) is 23.7 Å². The smallest absolute Gasteiger partial charge is 0.407 e. The zero-order chi connectivity index (χ0) is 23.0. The summed E-state index contributed by atoms with van der Waals surface area (Å²) in [4.78, 5) is 36.1. The van der Waals surface area contributed by atoms with Gasteiger partial charge in [-0.2, -0.15) is 0 Å². The van der Waals surface area contributed by atoms with Gasteiger partial charge in [0, 0.05) is 31.3 Å². The number of alkyl carbamates (subject to hydrolysis) is 1. The number of fused-ring (bicyclic) bond motifs is 1. The number of rotatable bonds is 9. The Hall–Kier alpha value is -2.87. The van der Waals surface area contributed by atoms with Crippen molar-refractivity contribution in [2.75, 3.05) is 13.1 Å². The van der Waals surface area contributed by atoms with E-state index in [1.54, 1.807) is 35.8 Å². The molecule has 31 heavy (non-hydrogen) atoms. The second-order valence-electron chi connectivity index (χ2n) is 8.46. The van der Waals surface area contributed by atoms with E-state index in [0.717, 1.165) is 36.6 Å². The monoisotopic (exact) mass is 431 g/mol. The second kappa shape index (κ2) is 10.9. The van der Waals surface area contributed by atoms with E-state index < -0.39 is 17.6 Å². The number of pyridine rings is 1. The minimum atomic E-state index is -0.503. The molecular weight excluding hydrogens is 398 g/mol. The lowest BCUT2D eigenvalue weighted by Crippen LogP contribution is -2.32. The number of aromatic nitrogens is 1. The molecule has 0 saturated heterocycles. The number of carbonyl (C=O) groups is 2. The molecule has 0 fully saturated rings. The highest BCUT2D eigenvalue weighted by molar-refractivity contribution is 5.97. The van der Waals surface area contributed by atoms with Crippen LogP contribution >= 0.6 is 0 Å². The van der Waals surface area contributed by atoms with Gasteiger partial charge in [0.05, 0.1) is 5.52 Å². The first-order chi connectivity index (χ1) is 14.6. The summed E-state index contributed by atoms with van der Waals surface area (Å²) in [5, 5.41) is 13.8. The number of nitrogens with one attached hydrogen (secondary N) is 1. The van der Waals surface area contributed by atoms with Gasteiger partial charge in [0.15, 0.2) is 0 Å². The van der Waals surface area contributed by atoms with Crippen molar-refractivity contribution >= 4 is 22.9 Å². The van der Waals surface area contributed by atoms with Crippen molar-refractivity contribution in [2.24, 2.45) is 0 Å². The van der Waals surface area contributed by atoms with Crippen molar-refractivity contribution in [2.45, 2.75) is 65.5 Å². The molecule has 2 aromatic rings. The number of unbranched alkanes of at least 4 members (excludes halogenated alkanes) is 3. The van der Waals surface area contributed by atoms with Crippen LogP contribution in [0.15, 0.2) is 35.1 Å². The van der Waals surface area contributed by atoms with Gasteiger partial charge in [-0.05, 0) is 70.2 Å². The first-order valence-corrected chi connectivity index (χ1v) is 10.7. The minimum absolute atomic E-state index is 0.0875. The van der Waals surface area contributed by atoms with Crippen molar-refractivity contribution in [1.82, 2.24) is 14.9 Å². The molecule has 0 spiro atoms. The van der Waals surface area contributed by atoms with E-state index in [2.05, 4.69) is 5.32 Å². The average molecular weight is 432 g/mol. The van der Waals surface area contributed by atoms with Crippen LogP contribution in [0.1, 0.15) is 63.7 Å². The zero-order valence-electron chi connectivity index (χ0n) is 18.8. The number of hydroxylamine groups is 2. The van der Waals surface area contributed by atoms with Gasteiger partial charge in [0.1, 0.15) is 5.60 Å². The Kier molecular flexibility index (Phi) is 8.62. The molecule has 0 aliphatic rings. The van der Waals surface area contributed by atoms with Crippen molar-refractivity contribution in [3.63, 3.8) is 0 Å². The molecular formula is C23H33N3O5. The van der Waals surface area contributed by atoms with E-state index in [9.17, 15) is 19.6 Å². The standard InChI is InChI=1S/C23H33N3O5/c1-5-26(30)21(28)18-10-12-19-17(16-18)11-13-20(27)25(19)15-9-7-6-8-14-24-22(29)31-23(2,3)4/h10-13,16,30H,5-9,14-15H2,1-4H3,(H,24,29). The molecule has 1 aromatic carbocycles. The van der Waals surface area contributed by atoms with Crippen LogP contribution < -0.4 is 10.9 Å². The Morgan fingerprint density at radius 2 is 1.81 bits per heavy atom. The lowest BCUT2D eigenvalue weighted by Gasteiger charge is -2.19. The maximum Gasteiger partial charge on any atom is 0.407 e. The fourth-order valence-corrected chi connectivity index (χ4v) is 3.21. The molecule has 1 aromatic heterocycles. The molecule has 0 saturated carbocycles. The summed E-state index contributed by atoms with van der Waals surface area (Å²) in [6.45, 7) is 8.49. The lowest BCUT2D eigenvalue weighted by molar-refractivity contribution is -0.0541. The summed E-state index contributed by atoms with van der Waals surface area (Å²) in [6.07, 6.45) is 3.11. The predicted molar refractivity (Wildman–Crippen MR) is 119 cm³/mol. The highest BCUT2D eigenvalue weighted by Gasteiger charge is 2.15. The van der Waals surface area contributed by atoms with Gasteiger partial charge in [-0.15, -0.1) is 0 Å². The summed E-state index contributed by atoms with van der Waals surface area (Å²) >= 11 is 0.